The van der Waals surface area contributed by atoms with E-state index < -0.39 is 0 Å². The lowest BCUT2D eigenvalue weighted by molar-refractivity contribution is 0.232. The zero-order valence-electron chi connectivity index (χ0n) is 20.7. The number of benzene rings is 1. The quantitative estimate of drug-likeness (QED) is 0.552. The van der Waals surface area contributed by atoms with Crippen LogP contribution in [-0.2, 0) is 12.8 Å². The molecule has 4 heterocycles. The molecule has 4 aliphatic rings. The van der Waals surface area contributed by atoms with Crippen LogP contribution in [0.4, 0.5) is 17.5 Å². The Morgan fingerprint density at radius 3 is 2.42 bits per heavy atom. The van der Waals surface area contributed by atoms with Crippen LogP contribution in [0.15, 0.2) is 52.6 Å². The van der Waals surface area contributed by atoms with Crippen molar-refractivity contribution in [1.82, 2.24) is 15.0 Å². The van der Waals surface area contributed by atoms with E-state index in [0.29, 0.717) is 22.9 Å². The van der Waals surface area contributed by atoms with Gasteiger partial charge in [0.15, 0.2) is 17.4 Å². The molecule has 8 heteroatoms. The molecule has 2 aromatic heterocycles. The molecule has 1 saturated carbocycles. The molecule has 2 N–H and O–H groups in total. The molecule has 2 fully saturated rings. The molecular weight excluding hydrogens is 468 g/mol. The van der Waals surface area contributed by atoms with Crippen LogP contribution in [0.1, 0.15) is 43.2 Å². The molecule has 186 valence electrons. The molecule has 0 radical (unpaired) electrons. The molecule has 0 unspecified atom stereocenters. The fourth-order valence-corrected chi connectivity index (χ4v) is 7.23. The molecule has 7 rings (SSSR count). The van der Waals surface area contributed by atoms with Gasteiger partial charge in [0.25, 0.3) is 0 Å². The second kappa shape index (κ2) is 8.26. The van der Waals surface area contributed by atoms with E-state index in [1.807, 2.05) is 18.5 Å². The summed E-state index contributed by atoms with van der Waals surface area (Å²) in [6.45, 7) is 2.70. The van der Waals surface area contributed by atoms with Gasteiger partial charge >= 0.3 is 0 Å². The minimum absolute atomic E-state index is 0.219. The van der Waals surface area contributed by atoms with Gasteiger partial charge in [0.05, 0.1) is 17.7 Å². The maximum absolute atomic E-state index is 6.45. The Morgan fingerprint density at radius 1 is 0.972 bits per heavy atom. The summed E-state index contributed by atoms with van der Waals surface area (Å²) in [6, 6.07) is 10.9. The summed E-state index contributed by atoms with van der Waals surface area (Å²) < 4.78 is 6.20. The van der Waals surface area contributed by atoms with Gasteiger partial charge in [-0.25, -0.2) is 15.0 Å². The summed E-state index contributed by atoms with van der Waals surface area (Å²) >= 11 is 1.52. The van der Waals surface area contributed by atoms with Gasteiger partial charge in [-0.05, 0) is 61.1 Å². The molecule has 7 nitrogen and oxygen atoms in total. The van der Waals surface area contributed by atoms with Crippen LogP contribution in [0.5, 0.6) is 5.75 Å². The van der Waals surface area contributed by atoms with Crippen molar-refractivity contribution in [3.8, 4) is 5.75 Å². The number of nitrogen functional groups attached to an aromatic ring is 1. The van der Waals surface area contributed by atoms with Crippen LogP contribution in [0.25, 0.3) is 0 Å². The van der Waals surface area contributed by atoms with Crippen molar-refractivity contribution in [1.29, 1.82) is 0 Å². The minimum atomic E-state index is 0.219. The van der Waals surface area contributed by atoms with E-state index in [1.165, 1.54) is 61.4 Å². The van der Waals surface area contributed by atoms with Gasteiger partial charge in [-0.2, -0.15) is 0 Å². The van der Waals surface area contributed by atoms with Crippen molar-refractivity contribution in [2.45, 2.75) is 60.4 Å². The lowest BCUT2D eigenvalue weighted by Crippen LogP contribution is -2.41. The number of hydrogen-bond acceptors (Lipinski definition) is 8. The number of nitrogens with zero attached hydrogens (tertiary/aromatic N) is 5. The third-order valence-electron chi connectivity index (χ3n) is 8.88. The molecule has 0 amide bonds. The Morgan fingerprint density at radius 2 is 1.72 bits per heavy atom. The van der Waals surface area contributed by atoms with E-state index >= 15 is 0 Å². The normalized spacial score (nSPS) is 21.1. The summed E-state index contributed by atoms with van der Waals surface area (Å²) in [7, 11) is 2.14. The zero-order valence-corrected chi connectivity index (χ0v) is 21.6. The number of anilines is 3. The molecule has 1 saturated heterocycles. The van der Waals surface area contributed by atoms with E-state index in [9.17, 15) is 0 Å². The zero-order chi connectivity index (χ0) is 24.3. The van der Waals surface area contributed by atoms with Crippen molar-refractivity contribution < 1.29 is 4.74 Å². The summed E-state index contributed by atoms with van der Waals surface area (Å²) in [4.78, 5) is 19.8. The average Bonchev–Trinajstić information content (AvgIpc) is 3.62. The van der Waals surface area contributed by atoms with Crippen LogP contribution in [0.2, 0.25) is 0 Å². The second-order valence-electron chi connectivity index (χ2n) is 11.0. The number of hydrogen-bond donors (Lipinski definition) is 1. The van der Waals surface area contributed by atoms with Gasteiger partial charge in [-0.15, -0.1) is 0 Å². The Hall–Kier alpha value is -3.00. The number of pyridine rings is 1. The molecule has 1 aromatic carbocycles. The van der Waals surface area contributed by atoms with Gasteiger partial charge in [0.1, 0.15) is 10.8 Å². The monoisotopic (exact) mass is 500 g/mol. The maximum atomic E-state index is 6.45. The first kappa shape index (κ1) is 22.2. The fraction of sp³-hybridized carbons (Fsp3) is 0.464. The van der Waals surface area contributed by atoms with Crippen LogP contribution in [0, 0.1) is 5.41 Å². The Kier molecular flexibility index (Phi) is 5.10. The molecule has 36 heavy (non-hydrogen) atoms. The molecule has 2 aliphatic carbocycles. The molecular formula is C28H32N6OS. The SMILES string of the molecule is CN1c2nccc(Sc3ncc(N4CCC5(CC4)Cc4ccccc4C5)nc3N)c2OCCC12CC2. The van der Waals surface area contributed by atoms with Crippen molar-refractivity contribution >= 4 is 29.2 Å². The highest BCUT2D eigenvalue weighted by atomic mass is 32.2. The number of nitrogens with two attached hydrogens (primary N) is 1. The van der Waals surface area contributed by atoms with Crippen LogP contribution in [0.3, 0.4) is 0 Å². The number of rotatable bonds is 3. The molecule has 0 atom stereocenters. The molecule has 0 bridgehead atoms. The van der Waals surface area contributed by atoms with Gasteiger partial charge in [-0.3, -0.25) is 0 Å². The standard InChI is InChI=1S/C28H32N6OS/c1-33-25-23(35-15-11-28(33)7-8-28)21(6-12-30-25)36-26-24(29)32-22(18-31-26)34-13-9-27(10-14-34)16-19-4-2-3-5-20(19)17-27/h2-6,12,18H,7-11,13-17H2,1H3,(H2,29,32). The third-order valence-corrected chi connectivity index (χ3v) is 9.92. The van der Waals surface area contributed by atoms with Gasteiger partial charge in [-0.1, -0.05) is 36.0 Å². The highest BCUT2D eigenvalue weighted by Gasteiger charge is 2.49. The number of fused-ring (bicyclic) bond motifs is 2. The van der Waals surface area contributed by atoms with E-state index in [2.05, 4.69) is 46.1 Å². The highest BCUT2D eigenvalue weighted by Crippen LogP contribution is 2.51. The summed E-state index contributed by atoms with van der Waals surface area (Å²) in [6.07, 6.45) is 11.9. The van der Waals surface area contributed by atoms with Gasteiger partial charge < -0.3 is 20.3 Å². The summed E-state index contributed by atoms with van der Waals surface area (Å²) in [5.74, 6) is 3.09. The lowest BCUT2D eigenvalue weighted by atomic mass is 9.76. The predicted octanol–water partition coefficient (Wildman–Crippen LogP) is 4.74. The van der Waals surface area contributed by atoms with E-state index in [1.54, 1.807) is 0 Å². The smallest absolute Gasteiger partial charge is 0.175 e. The van der Waals surface area contributed by atoms with Gasteiger partial charge in [0.2, 0.25) is 0 Å². The minimum Gasteiger partial charge on any atom is -0.488 e. The Bertz CT molecular complexity index is 1290. The Balaban J connectivity index is 1.06. The second-order valence-corrected chi connectivity index (χ2v) is 12.0. The first-order chi connectivity index (χ1) is 17.5. The van der Waals surface area contributed by atoms with Crippen LogP contribution >= 0.6 is 11.8 Å². The average molecular weight is 501 g/mol. The maximum Gasteiger partial charge on any atom is 0.175 e. The number of aromatic nitrogens is 3. The van der Waals surface area contributed by atoms with E-state index in [-0.39, 0.29) is 5.54 Å². The fourth-order valence-electron chi connectivity index (χ4n) is 6.39. The predicted molar refractivity (Wildman–Crippen MR) is 143 cm³/mol. The van der Waals surface area contributed by atoms with Crippen molar-refractivity contribution in [2.24, 2.45) is 5.41 Å². The van der Waals surface area contributed by atoms with Crippen LogP contribution < -0.4 is 20.3 Å². The Labute approximate surface area is 216 Å². The van der Waals surface area contributed by atoms with Crippen molar-refractivity contribution in [3.05, 3.63) is 53.9 Å². The third kappa shape index (κ3) is 3.69. The summed E-state index contributed by atoms with van der Waals surface area (Å²) in [5, 5.41) is 0.712. The van der Waals surface area contributed by atoms with E-state index in [0.717, 1.165) is 41.8 Å². The van der Waals surface area contributed by atoms with Crippen molar-refractivity contribution in [3.63, 3.8) is 0 Å². The molecule has 2 spiro atoms. The lowest BCUT2D eigenvalue weighted by Gasteiger charge is -2.40. The number of ether oxygens (including phenoxy) is 1. The van der Waals surface area contributed by atoms with Crippen molar-refractivity contribution in [2.75, 3.05) is 42.3 Å². The molecule has 3 aromatic rings. The first-order valence-corrected chi connectivity index (χ1v) is 13.8. The number of piperidine rings is 1. The van der Waals surface area contributed by atoms with Gasteiger partial charge in [0, 0.05) is 38.3 Å². The van der Waals surface area contributed by atoms with Crippen LogP contribution in [-0.4, -0.2) is 47.2 Å². The highest BCUT2D eigenvalue weighted by molar-refractivity contribution is 7.99. The summed E-state index contributed by atoms with van der Waals surface area (Å²) in [5.41, 5.74) is 10.1. The first-order valence-electron chi connectivity index (χ1n) is 13.0. The topological polar surface area (TPSA) is 80.4 Å². The van der Waals surface area contributed by atoms with E-state index in [4.69, 9.17) is 20.4 Å². The largest absolute Gasteiger partial charge is 0.488 e. The molecule has 2 aliphatic heterocycles.